The Morgan fingerprint density at radius 1 is 0.760 bits per heavy atom. The highest BCUT2D eigenvalue weighted by Crippen LogP contribution is 2.29. The molecule has 0 aromatic heterocycles. The van der Waals surface area contributed by atoms with Crippen LogP contribution in [0.4, 0.5) is 0 Å². The fourth-order valence-corrected chi connectivity index (χ4v) is 4.70. The highest BCUT2D eigenvalue weighted by atomic mass is 32.2. The second kappa shape index (κ2) is 11.6. The summed E-state index contributed by atoms with van der Waals surface area (Å²) in [5.74, 6) is 0. The molecule has 3 nitrogen and oxygen atoms in total. The molecule has 0 saturated carbocycles. The van der Waals surface area contributed by atoms with E-state index in [1.807, 2.05) is 0 Å². The highest BCUT2D eigenvalue weighted by molar-refractivity contribution is 8.23. The standard InChI is InChI=1S/C18H29N3S4/c1-24-17(22)13-5-3-7-15(13)20-11-9-19-10-12-21-16-8-4-6-14(16)18(23)25-2/h19-21H,3-12H2,1-2H3. The third-order valence-electron chi connectivity index (χ3n) is 4.58. The summed E-state index contributed by atoms with van der Waals surface area (Å²) in [6.45, 7) is 3.86. The first-order valence-electron chi connectivity index (χ1n) is 8.96. The Kier molecular flexibility index (Phi) is 9.84. The lowest BCUT2D eigenvalue weighted by atomic mass is 10.2. The monoisotopic (exact) mass is 415 g/mol. The number of thioether (sulfide) groups is 2. The first-order valence-corrected chi connectivity index (χ1v) is 12.2. The quantitative estimate of drug-likeness (QED) is 0.367. The van der Waals surface area contributed by atoms with E-state index in [1.165, 1.54) is 35.4 Å². The molecule has 0 unspecified atom stereocenters. The largest absolute Gasteiger partial charge is 0.387 e. The molecular weight excluding hydrogens is 386 g/mol. The maximum atomic E-state index is 5.44. The van der Waals surface area contributed by atoms with Crippen LogP contribution in [0, 0.1) is 0 Å². The fourth-order valence-electron chi connectivity index (χ4n) is 3.30. The minimum Gasteiger partial charge on any atom is -0.387 e. The zero-order chi connectivity index (χ0) is 18.1. The SMILES string of the molecule is CSC(=S)C1=C(NCCNCCNC2=C(C(=S)SC)CCC2)CCC1. The molecule has 2 aliphatic carbocycles. The van der Waals surface area contributed by atoms with Gasteiger partial charge in [-0.15, -0.1) is 23.5 Å². The maximum Gasteiger partial charge on any atom is 0.0752 e. The van der Waals surface area contributed by atoms with Crippen molar-refractivity contribution in [1.29, 1.82) is 0 Å². The third-order valence-corrected chi connectivity index (χ3v) is 7.31. The summed E-state index contributed by atoms with van der Waals surface area (Å²) in [5, 5.41) is 10.7. The van der Waals surface area contributed by atoms with Crippen molar-refractivity contribution in [3.8, 4) is 0 Å². The van der Waals surface area contributed by atoms with E-state index >= 15 is 0 Å². The van der Waals surface area contributed by atoms with Gasteiger partial charge in [-0.2, -0.15) is 0 Å². The summed E-state index contributed by atoms with van der Waals surface area (Å²) < 4.78 is 2.11. The van der Waals surface area contributed by atoms with Gasteiger partial charge in [-0.3, -0.25) is 0 Å². The van der Waals surface area contributed by atoms with E-state index in [9.17, 15) is 0 Å². The Labute approximate surface area is 171 Å². The minimum absolute atomic E-state index is 0.959. The van der Waals surface area contributed by atoms with Crippen LogP contribution in [-0.4, -0.2) is 47.1 Å². The van der Waals surface area contributed by atoms with Crippen molar-refractivity contribution >= 4 is 56.4 Å². The van der Waals surface area contributed by atoms with Gasteiger partial charge in [0.1, 0.15) is 0 Å². The summed E-state index contributed by atoms with van der Waals surface area (Å²) in [4.78, 5) is 0. The van der Waals surface area contributed by atoms with Crippen LogP contribution in [0.25, 0.3) is 0 Å². The summed E-state index contributed by atoms with van der Waals surface area (Å²) in [6.07, 6.45) is 11.1. The molecule has 0 heterocycles. The predicted molar refractivity (Wildman–Crippen MR) is 123 cm³/mol. The number of rotatable bonds is 10. The lowest BCUT2D eigenvalue weighted by molar-refractivity contribution is 0.618. The summed E-state index contributed by atoms with van der Waals surface area (Å²) in [6, 6.07) is 0. The van der Waals surface area contributed by atoms with Crippen LogP contribution in [0.5, 0.6) is 0 Å². The molecule has 2 aliphatic rings. The zero-order valence-corrected chi connectivity index (χ0v) is 18.5. The van der Waals surface area contributed by atoms with E-state index < -0.39 is 0 Å². The summed E-state index contributed by atoms with van der Waals surface area (Å²) >= 11 is 14.3. The van der Waals surface area contributed by atoms with Gasteiger partial charge in [0.05, 0.1) is 8.39 Å². The molecule has 0 fully saturated rings. The molecule has 7 heteroatoms. The molecule has 3 N–H and O–H groups in total. The minimum atomic E-state index is 0.959. The molecule has 0 atom stereocenters. The Morgan fingerprint density at radius 2 is 1.20 bits per heavy atom. The Morgan fingerprint density at radius 3 is 1.60 bits per heavy atom. The van der Waals surface area contributed by atoms with E-state index in [4.69, 9.17) is 24.4 Å². The molecule has 0 saturated heterocycles. The van der Waals surface area contributed by atoms with E-state index in [0.29, 0.717) is 0 Å². The van der Waals surface area contributed by atoms with Crippen molar-refractivity contribution in [2.75, 3.05) is 38.7 Å². The number of hydrogen-bond acceptors (Lipinski definition) is 7. The second-order valence-corrected chi connectivity index (χ2v) is 9.17. The van der Waals surface area contributed by atoms with Gasteiger partial charge in [-0.25, -0.2) is 0 Å². The third kappa shape index (κ3) is 6.54. The van der Waals surface area contributed by atoms with Crippen LogP contribution in [0.2, 0.25) is 0 Å². The molecule has 140 valence electrons. The van der Waals surface area contributed by atoms with E-state index in [1.54, 1.807) is 23.5 Å². The molecule has 0 aromatic carbocycles. The van der Waals surface area contributed by atoms with Crippen molar-refractivity contribution in [2.45, 2.75) is 38.5 Å². The highest BCUT2D eigenvalue weighted by Gasteiger charge is 2.18. The van der Waals surface area contributed by atoms with Gasteiger partial charge in [-0.1, -0.05) is 24.4 Å². The van der Waals surface area contributed by atoms with Crippen LogP contribution in [0.3, 0.4) is 0 Å². The van der Waals surface area contributed by atoms with E-state index in [2.05, 4.69) is 28.5 Å². The molecule has 0 spiro atoms. The van der Waals surface area contributed by atoms with Crippen molar-refractivity contribution < 1.29 is 0 Å². The van der Waals surface area contributed by atoms with Gasteiger partial charge in [0.25, 0.3) is 0 Å². The van der Waals surface area contributed by atoms with Crippen LogP contribution in [-0.2, 0) is 0 Å². The Hall–Kier alpha value is -0.0800. The molecule has 0 aromatic rings. The lowest BCUT2D eigenvalue weighted by Crippen LogP contribution is -2.32. The Bertz CT molecular complexity index is 507. The van der Waals surface area contributed by atoms with Gasteiger partial charge < -0.3 is 16.0 Å². The van der Waals surface area contributed by atoms with Crippen LogP contribution in [0.1, 0.15) is 38.5 Å². The second-order valence-electron chi connectivity index (χ2n) is 6.21. The topological polar surface area (TPSA) is 36.1 Å². The first-order chi connectivity index (χ1) is 12.2. The number of nitrogens with one attached hydrogen (secondary N) is 3. The first kappa shape index (κ1) is 21.2. The van der Waals surface area contributed by atoms with Gasteiger partial charge in [0.2, 0.25) is 0 Å². The van der Waals surface area contributed by atoms with Gasteiger partial charge in [0.15, 0.2) is 0 Å². The molecule has 25 heavy (non-hydrogen) atoms. The lowest BCUT2D eigenvalue weighted by Gasteiger charge is -2.13. The predicted octanol–water partition coefficient (Wildman–Crippen LogP) is 4.01. The molecular formula is C18H29N3S4. The normalized spacial score (nSPS) is 17.4. The Balaban J connectivity index is 1.61. The van der Waals surface area contributed by atoms with Crippen molar-refractivity contribution in [2.24, 2.45) is 0 Å². The zero-order valence-electron chi connectivity index (χ0n) is 15.2. The maximum absolute atomic E-state index is 5.44. The van der Waals surface area contributed by atoms with Crippen LogP contribution >= 0.6 is 48.0 Å². The van der Waals surface area contributed by atoms with Crippen molar-refractivity contribution in [3.05, 3.63) is 22.5 Å². The van der Waals surface area contributed by atoms with E-state index in [-0.39, 0.29) is 0 Å². The number of thiocarbonyl (C=S) groups is 2. The van der Waals surface area contributed by atoms with Gasteiger partial charge in [0, 0.05) is 37.6 Å². The number of hydrogen-bond donors (Lipinski definition) is 3. The molecule has 0 radical (unpaired) electrons. The van der Waals surface area contributed by atoms with Crippen molar-refractivity contribution in [3.63, 3.8) is 0 Å². The van der Waals surface area contributed by atoms with Crippen LogP contribution < -0.4 is 16.0 Å². The summed E-state index contributed by atoms with van der Waals surface area (Å²) in [7, 11) is 0. The average molecular weight is 416 g/mol. The average Bonchev–Trinajstić information content (AvgIpc) is 3.28. The smallest absolute Gasteiger partial charge is 0.0752 e. The molecule has 2 rings (SSSR count). The van der Waals surface area contributed by atoms with Crippen molar-refractivity contribution in [1.82, 2.24) is 16.0 Å². The number of allylic oxidation sites excluding steroid dienone is 2. The molecule has 0 bridgehead atoms. The van der Waals surface area contributed by atoms with Gasteiger partial charge in [-0.05, 0) is 62.2 Å². The summed E-state index contributed by atoms with van der Waals surface area (Å²) in [5.41, 5.74) is 5.47. The van der Waals surface area contributed by atoms with E-state index in [0.717, 1.165) is 60.3 Å². The molecule has 0 amide bonds. The molecule has 0 aliphatic heterocycles. The van der Waals surface area contributed by atoms with Crippen LogP contribution in [0.15, 0.2) is 22.5 Å². The van der Waals surface area contributed by atoms with Gasteiger partial charge >= 0.3 is 0 Å². The fraction of sp³-hybridized carbons (Fsp3) is 0.667.